The number of esters is 1. The molecular weight excluding hydrogens is 226 g/mol. The number of hydrogen-bond donors (Lipinski definition) is 0. The van der Waals surface area contributed by atoms with Crippen molar-refractivity contribution in [3.05, 3.63) is 36.0 Å². The third-order valence-corrected chi connectivity index (χ3v) is 4.03. The van der Waals surface area contributed by atoms with E-state index in [1.54, 1.807) is 0 Å². The first-order valence-corrected chi connectivity index (χ1v) is 6.53. The number of carbonyl (C=O) groups is 1. The van der Waals surface area contributed by atoms with E-state index in [1.165, 1.54) is 11.6 Å². The van der Waals surface area contributed by atoms with Crippen LogP contribution < -0.4 is 0 Å². The minimum absolute atomic E-state index is 0.0611. The van der Waals surface area contributed by atoms with Crippen molar-refractivity contribution < 1.29 is 9.53 Å². The summed E-state index contributed by atoms with van der Waals surface area (Å²) >= 11 is 0. The van der Waals surface area contributed by atoms with Crippen molar-refractivity contribution in [2.75, 3.05) is 0 Å². The van der Waals surface area contributed by atoms with E-state index in [9.17, 15) is 4.79 Å². The Labute approximate surface area is 107 Å². The quantitative estimate of drug-likeness (QED) is 0.663. The zero-order valence-electron chi connectivity index (χ0n) is 10.5. The zero-order chi connectivity index (χ0) is 12.5. The summed E-state index contributed by atoms with van der Waals surface area (Å²) in [4.78, 5) is 15.9. The number of allylic oxidation sites excluding steroid dienone is 2. The maximum absolute atomic E-state index is 11.3. The summed E-state index contributed by atoms with van der Waals surface area (Å²) in [5.74, 6) is 0.362. The number of carbonyl (C=O) groups excluding carboxylic acids is 1. The van der Waals surface area contributed by atoms with Crippen LogP contribution in [0.5, 0.6) is 0 Å². The number of cyclic esters (lactones) is 1. The second-order valence-corrected chi connectivity index (χ2v) is 5.12. The maximum Gasteiger partial charge on any atom is 0.330 e. The fourth-order valence-corrected chi connectivity index (χ4v) is 2.98. The summed E-state index contributed by atoms with van der Waals surface area (Å²) in [6, 6.07) is 0.302. The van der Waals surface area contributed by atoms with Gasteiger partial charge in [0.2, 0.25) is 0 Å². The lowest BCUT2D eigenvalue weighted by molar-refractivity contribution is -0.146. The molecule has 94 valence electrons. The molecular formula is C15H17NO2. The van der Waals surface area contributed by atoms with E-state index in [1.807, 2.05) is 12.3 Å². The fraction of sp³-hybridized carbons (Fsp3) is 0.467. The molecule has 3 unspecified atom stereocenters. The van der Waals surface area contributed by atoms with Gasteiger partial charge in [0, 0.05) is 24.6 Å². The van der Waals surface area contributed by atoms with Crippen LogP contribution in [0.25, 0.3) is 0 Å². The van der Waals surface area contributed by atoms with Crippen molar-refractivity contribution in [2.45, 2.75) is 31.9 Å². The SMILES string of the molecule is CC1C2=CC=CCC2N=CC1[C@@H]1CC=CC(=O)O1. The van der Waals surface area contributed by atoms with Gasteiger partial charge in [-0.3, -0.25) is 4.99 Å². The molecule has 0 fully saturated rings. The van der Waals surface area contributed by atoms with Crippen molar-refractivity contribution in [1.29, 1.82) is 0 Å². The van der Waals surface area contributed by atoms with Crippen LogP contribution in [-0.4, -0.2) is 24.3 Å². The minimum Gasteiger partial charge on any atom is -0.458 e. The Kier molecular flexibility index (Phi) is 2.90. The van der Waals surface area contributed by atoms with Gasteiger partial charge in [0.25, 0.3) is 0 Å². The van der Waals surface area contributed by atoms with Gasteiger partial charge in [-0.2, -0.15) is 0 Å². The van der Waals surface area contributed by atoms with Crippen LogP contribution in [0.2, 0.25) is 0 Å². The Balaban J connectivity index is 1.84. The van der Waals surface area contributed by atoms with Crippen LogP contribution in [0.1, 0.15) is 19.8 Å². The lowest BCUT2D eigenvalue weighted by Crippen LogP contribution is -2.39. The number of hydrogen-bond acceptors (Lipinski definition) is 3. The van der Waals surface area contributed by atoms with Crippen LogP contribution in [0.4, 0.5) is 0 Å². The predicted octanol–water partition coefficient (Wildman–Crippen LogP) is 2.45. The van der Waals surface area contributed by atoms with Crippen molar-refractivity contribution >= 4 is 12.2 Å². The molecule has 1 aliphatic carbocycles. The van der Waals surface area contributed by atoms with Crippen LogP contribution in [0.15, 0.2) is 40.9 Å². The average Bonchev–Trinajstić information content (AvgIpc) is 2.39. The largest absolute Gasteiger partial charge is 0.458 e. The van der Waals surface area contributed by atoms with Gasteiger partial charge < -0.3 is 4.74 Å². The molecule has 3 aliphatic rings. The molecule has 3 heteroatoms. The molecule has 0 aromatic rings. The smallest absolute Gasteiger partial charge is 0.330 e. The first kappa shape index (κ1) is 11.5. The number of ether oxygens (including phenoxy) is 1. The van der Waals surface area contributed by atoms with E-state index in [0.717, 1.165) is 12.8 Å². The molecule has 3 rings (SSSR count). The van der Waals surface area contributed by atoms with Gasteiger partial charge in [0.05, 0.1) is 6.04 Å². The molecule has 0 aromatic carbocycles. The first-order valence-electron chi connectivity index (χ1n) is 6.53. The molecule has 0 radical (unpaired) electrons. The summed E-state index contributed by atoms with van der Waals surface area (Å²) in [6.45, 7) is 2.21. The summed E-state index contributed by atoms with van der Waals surface area (Å²) < 4.78 is 5.41. The molecule has 0 saturated heterocycles. The normalized spacial score (nSPS) is 38.1. The van der Waals surface area contributed by atoms with E-state index >= 15 is 0 Å². The maximum atomic E-state index is 11.3. The molecule has 3 nitrogen and oxygen atoms in total. The Bertz CT molecular complexity index is 473. The average molecular weight is 243 g/mol. The van der Waals surface area contributed by atoms with E-state index < -0.39 is 0 Å². The summed E-state index contributed by atoms with van der Waals surface area (Å²) in [6.07, 6.45) is 13.6. The van der Waals surface area contributed by atoms with Crippen molar-refractivity contribution in [1.82, 2.24) is 0 Å². The highest BCUT2D eigenvalue weighted by atomic mass is 16.5. The van der Waals surface area contributed by atoms with Crippen LogP contribution >= 0.6 is 0 Å². The predicted molar refractivity (Wildman–Crippen MR) is 70.4 cm³/mol. The second kappa shape index (κ2) is 4.56. The van der Waals surface area contributed by atoms with Gasteiger partial charge in [0.1, 0.15) is 6.10 Å². The van der Waals surface area contributed by atoms with E-state index in [2.05, 4.69) is 30.1 Å². The number of rotatable bonds is 1. The molecule has 2 aliphatic heterocycles. The van der Waals surface area contributed by atoms with E-state index in [-0.39, 0.29) is 18.0 Å². The molecule has 0 amide bonds. The minimum atomic E-state index is -0.230. The van der Waals surface area contributed by atoms with Crippen LogP contribution in [-0.2, 0) is 9.53 Å². The lowest BCUT2D eigenvalue weighted by atomic mass is 9.76. The zero-order valence-corrected chi connectivity index (χ0v) is 10.5. The van der Waals surface area contributed by atoms with Gasteiger partial charge in [-0.05, 0) is 17.9 Å². The highest BCUT2D eigenvalue weighted by Gasteiger charge is 2.36. The van der Waals surface area contributed by atoms with Crippen LogP contribution in [0.3, 0.4) is 0 Å². The Morgan fingerprint density at radius 2 is 2.22 bits per heavy atom. The van der Waals surface area contributed by atoms with E-state index in [0.29, 0.717) is 12.0 Å². The van der Waals surface area contributed by atoms with Gasteiger partial charge in [-0.1, -0.05) is 31.2 Å². The molecule has 18 heavy (non-hydrogen) atoms. The standard InChI is InChI=1S/C15H17NO2/c1-10-11-5-2-3-6-13(11)16-9-12(10)14-7-4-8-15(17)18-14/h2-5,8-10,12-14H,6-7H2,1H3/t10?,12?,13?,14-/m0/s1. The molecule has 0 saturated carbocycles. The number of nitrogens with zero attached hydrogens (tertiary/aromatic N) is 1. The highest BCUT2D eigenvalue weighted by Crippen LogP contribution is 2.35. The topological polar surface area (TPSA) is 38.7 Å². The third kappa shape index (κ3) is 1.94. The molecule has 0 spiro atoms. The Morgan fingerprint density at radius 1 is 1.33 bits per heavy atom. The van der Waals surface area contributed by atoms with E-state index in [4.69, 9.17) is 4.74 Å². The van der Waals surface area contributed by atoms with Crippen LogP contribution in [0, 0.1) is 11.8 Å². The van der Waals surface area contributed by atoms with Gasteiger partial charge in [0.15, 0.2) is 0 Å². The fourth-order valence-electron chi connectivity index (χ4n) is 2.98. The molecule has 0 aromatic heterocycles. The van der Waals surface area contributed by atoms with Crippen molar-refractivity contribution in [2.24, 2.45) is 16.8 Å². The highest BCUT2D eigenvalue weighted by molar-refractivity contribution is 5.83. The molecule has 0 bridgehead atoms. The Morgan fingerprint density at radius 3 is 3.06 bits per heavy atom. The monoisotopic (exact) mass is 243 g/mol. The van der Waals surface area contributed by atoms with Gasteiger partial charge in [-0.25, -0.2) is 4.79 Å². The number of aliphatic imine (C=N–C) groups is 1. The van der Waals surface area contributed by atoms with Crippen molar-refractivity contribution in [3.8, 4) is 0 Å². The van der Waals surface area contributed by atoms with Crippen molar-refractivity contribution in [3.63, 3.8) is 0 Å². The summed E-state index contributed by atoms with van der Waals surface area (Å²) in [5.41, 5.74) is 1.37. The molecule has 4 atom stereocenters. The molecule has 2 heterocycles. The number of fused-ring (bicyclic) bond motifs is 1. The third-order valence-electron chi connectivity index (χ3n) is 4.03. The van der Waals surface area contributed by atoms with Gasteiger partial charge in [-0.15, -0.1) is 0 Å². The van der Waals surface area contributed by atoms with Gasteiger partial charge >= 0.3 is 5.97 Å². The second-order valence-electron chi connectivity index (χ2n) is 5.12. The molecule has 0 N–H and O–H groups in total. The summed E-state index contributed by atoms with van der Waals surface area (Å²) in [7, 11) is 0. The lowest BCUT2D eigenvalue weighted by Gasteiger charge is -2.36. The summed E-state index contributed by atoms with van der Waals surface area (Å²) in [5, 5.41) is 0. The first-order chi connectivity index (χ1) is 8.75. The Hall–Kier alpha value is -1.64.